The molecule has 0 aliphatic carbocycles. The Balaban J connectivity index is 3.59. The number of hydrogen-bond donors (Lipinski definition) is 0. The number of aldehydes is 2. The van der Waals surface area contributed by atoms with Crippen molar-refractivity contribution in [1.82, 2.24) is 0 Å². The molecule has 0 fully saturated rings. The number of ether oxygens (including phenoxy) is 10. The molecule has 0 aliphatic heterocycles. The van der Waals surface area contributed by atoms with Gasteiger partial charge in [-0.25, -0.2) is 0 Å². The fourth-order valence-electron chi connectivity index (χ4n) is 6.08. The third-order valence-electron chi connectivity index (χ3n) is 9.61. The first-order valence-electron chi connectivity index (χ1n) is 22.9. The highest BCUT2D eigenvalue weighted by molar-refractivity contribution is 5.56. The lowest BCUT2D eigenvalue weighted by Gasteiger charge is -2.29. The van der Waals surface area contributed by atoms with Gasteiger partial charge in [0.25, 0.3) is 0 Å². The van der Waals surface area contributed by atoms with Gasteiger partial charge in [0.05, 0.1) is 119 Å². The number of carbonyl (C=O) groups excluding carboxylic acids is 2. The quantitative estimate of drug-likeness (QED) is 0.0432. The van der Waals surface area contributed by atoms with Gasteiger partial charge in [-0.15, -0.1) is 0 Å². The molecule has 0 heterocycles. The molecule has 12 nitrogen and oxygen atoms in total. The summed E-state index contributed by atoms with van der Waals surface area (Å²) in [5, 5.41) is 0. The molecule has 0 aromatic heterocycles. The first-order valence-corrected chi connectivity index (χ1v) is 22.9. The van der Waals surface area contributed by atoms with E-state index in [1.807, 2.05) is 0 Å². The van der Waals surface area contributed by atoms with Crippen LogP contribution >= 0.6 is 0 Å². The van der Waals surface area contributed by atoms with E-state index >= 15 is 0 Å². The van der Waals surface area contributed by atoms with Crippen LogP contribution < -0.4 is 0 Å². The Hall–Kier alpha value is -1.06. The fraction of sp³-hybridized carbons (Fsp3) is 0.956. The molecule has 0 atom stereocenters. The normalized spacial score (nSPS) is 11.8. The Morgan fingerprint density at radius 3 is 0.737 bits per heavy atom. The van der Waals surface area contributed by atoms with Gasteiger partial charge in [-0.2, -0.15) is 0 Å². The van der Waals surface area contributed by atoms with Crippen LogP contribution in [0.1, 0.15) is 142 Å². The van der Waals surface area contributed by atoms with Crippen molar-refractivity contribution >= 4 is 12.6 Å². The topological polar surface area (TPSA) is 126 Å². The molecule has 0 bridgehead atoms. The summed E-state index contributed by atoms with van der Waals surface area (Å²) >= 11 is 0. The van der Waals surface area contributed by atoms with Crippen LogP contribution in [0.2, 0.25) is 0 Å². The highest BCUT2D eigenvalue weighted by Gasteiger charge is 2.30. The summed E-state index contributed by atoms with van der Waals surface area (Å²) in [5.41, 5.74) is -0.716. The maximum Gasteiger partial charge on any atom is 0.120 e. The van der Waals surface area contributed by atoms with Gasteiger partial charge in [0.15, 0.2) is 0 Å². The van der Waals surface area contributed by atoms with Gasteiger partial charge < -0.3 is 57.0 Å². The van der Waals surface area contributed by atoms with Crippen molar-refractivity contribution in [2.24, 2.45) is 5.41 Å². The lowest BCUT2D eigenvalue weighted by Crippen LogP contribution is -2.34. The Labute approximate surface area is 348 Å². The van der Waals surface area contributed by atoms with Crippen LogP contribution in [0.25, 0.3) is 0 Å². The monoisotopic (exact) mass is 821 g/mol. The second-order valence-electron chi connectivity index (χ2n) is 14.9. The molecular formula is C45H88O12. The highest BCUT2D eigenvalue weighted by Crippen LogP contribution is 2.26. The predicted molar refractivity (Wildman–Crippen MR) is 226 cm³/mol. The largest absolute Gasteiger partial charge is 0.379 e. The standard InChI is InChI=1S/C45H88O12/c1-3-5-7-9-11-13-15-17-19-25-48-27-29-50-31-33-52-35-37-54-39-41-56-43-45(21-23-46,22-24-47)44-57-42-40-55-38-36-53-34-32-51-30-28-49-26-20-18-16-14-12-10-8-6-4-2/h23-24H,3-22,25-44H2,1-2H3. The fourth-order valence-corrected chi connectivity index (χ4v) is 6.08. The molecule has 0 aromatic carbocycles. The number of hydrogen-bond acceptors (Lipinski definition) is 12. The van der Waals surface area contributed by atoms with Crippen LogP contribution in [0.4, 0.5) is 0 Å². The highest BCUT2D eigenvalue weighted by atomic mass is 16.6. The number of unbranched alkanes of at least 4 members (excludes halogenated alkanes) is 16. The predicted octanol–water partition coefficient (Wildman–Crippen LogP) is 8.38. The van der Waals surface area contributed by atoms with Gasteiger partial charge in [0.2, 0.25) is 0 Å². The molecule has 57 heavy (non-hydrogen) atoms. The summed E-state index contributed by atoms with van der Waals surface area (Å²) in [6.45, 7) is 14.2. The summed E-state index contributed by atoms with van der Waals surface area (Å²) in [6, 6.07) is 0. The molecule has 0 N–H and O–H groups in total. The molecular weight excluding hydrogens is 732 g/mol. The molecule has 0 unspecified atom stereocenters. The van der Waals surface area contributed by atoms with Crippen molar-refractivity contribution in [3.8, 4) is 0 Å². The Morgan fingerprint density at radius 1 is 0.281 bits per heavy atom. The van der Waals surface area contributed by atoms with Crippen LogP contribution in [0.15, 0.2) is 0 Å². The SMILES string of the molecule is CCCCCCCCCCCOCCOCCOCCOCCOCC(CC=O)(CC=O)COCCOCCOCCOCCOCCCCCCCCCCC. The summed E-state index contributed by atoms with van der Waals surface area (Å²) in [4.78, 5) is 22.8. The smallest absolute Gasteiger partial charge is 0.120 e. The molecule has 0 rings (SSSR count). The Bertz CT molecular complexity index is 713. The summed E-state index contributed by atoms with van der Waals surface area (Å²) in [7, 11) is 0. The van der Waals surface area contributed by atoms with Gasteiger partial charge in [-0.05, 0) is 12.8 Å². The molecule has 12 heteroatoms. The van der Waals surface area contributed by atoms with E-state index in [0.29, 0.717) is 106 Å². The van der Waals surface area contributed by atoms with Crippen molar-refractivity contribution in [2.75, 3.05) is 132 Å². The van der Waals surface area contributed by atoms with Crippen molar-refractivity contribution in [1.29, 1.82) is 0 Å². The van der Waals surface area contributed by atoms with E-state index in [1.165, 1.54) is 103 Å². The lowest BCUT2D eigenvalue weighted by molar-refractivity contribution is -0.119. The zero-order chi connectivity index (χ0) is 41.3. The Kier molecular flexibility index (Phi) is 48.4. The minimum Gasteiger partial charge on any atom is -0.379 e. The lowest BCUT2D eigenvalue weighted by atomic mass is 9.83. The third-order valence-corrected chi connectivity index (χ3v) is 9.61. The number of carbonyl (C=O) groups is 2. The number of rotatable bonds is 52. The molecule has 0 aliphatic rings. The van der Waals surface area contributed by atoms with E-state index in [9.17, 15) is 9.59 Å². The maximum atomic E-state index is 11.4. The van der Waals surface area contributed by atoms with E-state index in [-0.39, 0.29) is 26.1 Å². The molecule has 340 valence electrons. The minimum atomic E-state index is -0.716. The van der Waals surface area contributed by atoms with Crippen molar-refractivity contribution < 1.29 is 57.0 Å². The molecule has 0 radical (unpaired) electrons. The summed E-state index contributed by atoms with van der Waals surface area (Å²) < 4.78 is 56.3. The molecule has 0 saturated carbocycles. The van der Waals surface area contributed by atoms with Crippen molar-refractivity contribution in [2.45, 2.75) is 142 Å². The van der Waals surface area contributed by atoms with E-state index in [2.05, 4.69) is 13.8 Å². The maximum absolute atomic E-state index is 11.4. The van der Waals surface area contributed by atoms with Crippen LogP contribution in [0.3, 0.4) is 0 Å². The second-order valence-corrected chi connectivity index (χ2v) is 14.9. The van der Waals surface area contributed by atoms with Gasteiger partial charge >= 0.3 is 0 Å². The molecule has 0 amide bonds. The van der Waals surface area contributed by atoms with Crippen LogP contribution in [0.5, 0.6) is 0 Å². The zero-order valence-corrected chi connectivity index (χ0v) is 36.8. The van der Waals surface area contributed by atoms with Gasteiger partial charge in [0, 0.05) is 31.5 Å². The Morgan fingerprint density at radius 2 is 0.491 bits per heavy atom. The minimum absolute atomic E-state index is 0.163. The van der Waals surface area contributed by atoms with Crippen molar-refractivity contribution in [3.63, 3.8) is 0 Å². The van der Waals surface area contributed by atoms with E-state index in [1.54, 1.807) is 0 Å². The summed E-state index contributed by atoms with van der Waals surface area (Å²) in [5.74, 6) is 0. The molecule has 0 saturated heterocycles. The van der Waals surface area contributed by atoms with Gasteiger partial charge in [-0.3, -0.25) is 0 Å². The second kappa shape index (κ2) is 49.3. The van der Waals surface area contributed by atoms with Crippen LogP contribution in [0, 0.1) is 5.41 Å². The first kappa shape index (κ1) is 55.9. The van der Waals surface area contributed by atoms with Crippen molar-refractivity contribution in [3.05, 3.63) is 0 Å². The average molecular weight is 821 g/mol. The first-order chi connectivity index (χ1) is 28.2. The van der Waals surface area contributed by atoms with Crippen LogP contribution in [-0.2, 0) is 57.0 Å². The average Bonchev–Trinajstić information content (AvgIpc) is 3.21. The third kappa shape index (κ3) is 44.3. The van der Waals surface area contributed by atoms with E-state index in [0.717, 1.165) is 38.6 Å². The zero-order valence-electron chi connectivity index (χ0n) is 36.8. The summed E-state index contributed by atoms with van der Waals surface area (Å²) in [6.07, 6.45) is 25.6. The van der Waals surface area contributed by atoms with E-state index < -0.39 is 5.41 Å². The van der Waals surface area contributed by atoms with Crippen LogP contribution in [-0.4, -0.2) is 145 Å². The van der Waals surface area contributed by atoms with Gasteiger partial charge in [-0.1, -0.05) is 117 Å². The molecule has 0 aromatic rings. The van der Waals surface area contributed by atoms with Gasteiger partial charge in [0.1, 0.15) is 12.6 Å². The van der Waals surface area contributed by atoms with E-state index in [4.69, 9.17) is 47.4 Å². The molecule has 0 spiro atoms.